The van der Waals surface area contributed by atoms with Crippen LogP contribution in [0.15, 0.2) is 53.4 Å². The monoisotopic (exact) mass is 286 g/mol. The molecule has 2 aromatic carbocycles. The SMILES string of the molecule is COc1cccc(C(=O)CCc2ccc(SC)cc2)c1. The van der Waals surface area contributed by atoms with Gasteiger partial charge in [-0.05, 0) is 42.5 Å². The van der Waals surface area contributed by atoms with Crippen molar-refractivity contribution in [2.45, 2.75) is 17.7 Å². The molecule has 3 heteroatoms. The van der Waals surface area contributed by atoms with Crippen molar-refractivity contribution >= 4 is 17.5 Å². The highest BCUT2D eigenvalue weighted by molar-refractivity contribution is 7.98. The normalized spacial score (nSPS) is 10.3. The fourth-order valence-electron chi connectivity index (χ4n) is 1.99. The maximum atomic E-state index is 12.1. The third-order valence-electron chi connectivity index (χ3n) is 3.19. The standard InChI is InChI=1S/C17H18O2S/c1-19-15-5-3-4-14(12-15)17(18)11-8-13-6-9-16(20-2)10-7-13/h3-7,9-10,12H,8,11H2,1-2H3. The predicted molar refractivity (Wildman–Crippen MR) is 83.9 cm³/mol. The largest absolute Gasteiger partial charge is 0.497 e. The molecule has 2 aromatic rings. The Hall–Kier alpha value is -1.74. The zero-order valence-electron chi connectivity index (χ0n) is 11.8. The van der Waals surface area contributed by atoms with Crippen LogP contribution in [0.4, 0.5) is 0 Å². The Morgan fingerprint density at radius 2 is 1.90 bits per heavy atom. The number of ketones is 1. The lowest BCUT2D eigenvalue weighted by Crippen LogP contribution is -2.01. The van der Waals surface area contributed by atoms with E-state index < -0.39 is 0 Å². The summed E-state index contributed by atoms with van der Waals surface area (Å²) in [6.45, 7) is 0. The predicted octanol–water partition coefficient (Wildman–Crippen LogP) is 4.23. The van der Waals surface area contributed by atoms with E-state index in [0.29, 0.717) is 12.0 Å². The first-order valence-electron chi connectivity index (χ1n) is 6.53. The number of benzene rings is 2. The Bertz CT molecular complexity index is 576. The molecule has 104 valence electrons. The van der Waals surface area contributed by atoms with Crippen LogP contribution in [0, 0.1) is 0 Å². The number of ether oxygens (including phenoxy) is 1. The summed E-state index contributed by atoms with van der Waals surface area (Å²) in [5, 5.41) is 0. The molecule has 0 aromatic heterocycles. The van der Waals surface area contributed by atoms with Gasteiger partial charge in [-0.15, -0.1) is 11.8 Å². The summed E-state index contributed by atoms with van der Waals surface area (Å²) < 4.78 is 5.14. The number of thioether (sulfide) groups is 1. The van der Waals surface area contributed by atoms with E-state index in [1.807, 2.05) is 18.2 Å². The summed E-state index contributed by atoms with van der Waals surface area (Å²) in [5.41, 5.74) is 1.91. The van der Waals surface area contributed by atoms with Crippen LogP contribution < -0.4 is 4.74 Å². The van der Waals surface area contributed by atoms with Crippen molar-refractivity contribution in [1.29, 1.82) is 0 Å². The average molecular weight is 286 g/mol. The van der Waals surface area contributed by atoms with Gasteiger partial charge < -0.3 is 4.74 Å². The Morgan fingerprint density at radius 1 is 1.15 bits per heavy atom. The van der Waals surface area contributed by atoms with Crippen LogP contribution in [0.25, 0.3) is 0 Å². The fourth-order valence-corrected chi connectivity index (χ4v) is 2.40. The van der Waals surface area contributed by atoms with E-state index in [-0.39, 0.29) is 5.78 Å². The van der Waals surface area contributed by atoms with Crippen LogP contribution in [0.5, 0.6) is 5.75 Å². The van der Waals surface area contributed by atoms with Gasteiger partial charge in [-0.1, -0.05) is 24.3 Å². The second-order valence-electron chi connectivity index (χ2n) is 4.50. The molecule has 0 saturated heterocycles. The van der Waals surface area contributed by atoms with Gasteiger partial charge in [-0.25, -0.2) is 0 Å². The number of aryl methyl sites for hydroxylation is 1. The summed E-state index contributed by atoms with van der Waals surface area (Å²) in [5.74, 6) is 0.873. The van der Waals surface area contributed by atoms with Gasteiger partial charge in [0.25, 0.3) is 0 Å². The van der Waals surface area contributed by atoms with E-state index in [4.69, 9.17) is 4.74 Å². The number of Topliss-reactive ketones (excluding diaryl/α,β-unsaturated/α-hetero) is 1. The maximum Gasteiger partial charge on any atom is 0.163 e. The third kappa shape index (κ3) is 3.87. The Balaban J connectivity index is 1.97. The second-order valence-corrected chi connectivity index (χ2v) is 5.38. The Labute approximate surface area is 124 Å². The molecule has 0 bridgehead atoms. The highest BCUT2D eigenvalue weighted by Gasteiger charge is 2.07. The van der Waals surface area contributed by atoms with Crippen LogP contribution in [0.3, 0.4) is 0 Å². The van der Waals surface area contributed by atoms with E-state index in [9.17, 15) is 4.79 Å². The summed E-state index contributed by atoms with van der Waals surface area (Å²) in [6.07, 6.45) is 3.35. The quantitative estimate of drug-likeness (QED) is 0.587. The molecule has 2 nitrogen and oxygen atoms in total. The number of methoxy groups -OCH3 is 1. The molecule has 0 atom stereocenters. The van der Waals surface area contributed by atoms with Gasteiger partial charge in [0.05, 0.1) is 7.11 Å². The minimum atomic E-state index is 0.151. The number of rotatable bonds is 6. The molecule has 20 heavy (non-hydrogen) atoms. The molecule has 0 spiro atoms. The zero-order chi connectivity index (χ0) is 14.4. The fraction of sp³-hybridized carbons (Fsp3) is 0.235. The first-order valence-corrected chi connectivity index (χ1v) is 7.75. The van der Waals surface area contributed by atoms with Crippen LogP contribution in [-0.2, 0) is 6.42 Å². The van der Waals surface area contributed by atoms with Crippen molar-refractivity contribution in [3.05, 3.63) is 59.7 Å². The number of carbonyl (C=O) groups excluding carboxylic acids is 1. The smallest absolute Gasteiger partial charge is 0.163 e. The van der Waals surface area contributed by atoms with Crippen LogP contribution in [0.1, 0.15) is 22.3 Å². The highest BCUT2D eigenvalue weighted by Crippen LogP contribution is 2.17. The van der Waals surface area contributed by atoms with Crippen molar-refractivity contribution in [2.24, 2.45) is 0 Å². The van der Waals surface area contributed by atoms with E-state index in [1.165, 1.54) is 10.5 Å². The van der Waals surface area contributed by atoms with Gasteiger partial charge in [0, 0.05) is 16.9 Å². The minimum absolute atomic E-state index is 0.151. The molecule has 0 aliphatic heterocycles. The molecule has 0 fully saturated rings. The first-order chi connectivity index (χ1) is 9.72. The maximum absolute atomic E-state index is 12.1. The Morgan fingerprint density at radius 3 is 2.55 bits per heavy atom. The molecule has 0 N–H and O–H groups in total. The summed E-state index contributed by atoms with van der Waals surface area (Å²) in [6, 6.07) is 15.7. The number of hydrogen-bond donors (Lipinski definition) is 0. The van der Waals surface area contributed by atoms with Gasteiger partial charge >= 0.3 is 0 Å². The molecule has 2 rings (SSSR count). The summed E-state index contributed by atoms with van der Waals surface area (Å²) in [4.78, 5) is 13.4. The van der Waals surface area contributed by atoms with Gasteiger partial charge in [0.1, 0.15) is 5.75 Å². The molecule has 0 aliphatic rings. The van der Waals surface area contributed by atoms with E-state index in [2.05, 4.69) is 30.5 Å². The highest BCUT2D eigenvalue weighted by atomic mass is 32.2. The van der Waals surface area contributed by atoms with Crippen molar-refractivity contribution in [1.82, 2.24) is 0 Å². The van der Waals surface area contributed by atoms with E-state index in [1.54, 1.807) is 24.9 Å². The topological polar surface area (TPSA) is 26.3 Å². The molecule has 0 heterocycles. The number of carbonyl (C=O) groups is 1. The second kappa shape index (κ2) is 7.15. The lowest BCUT2D eigenvalue weighted by atomic mass is 10.0. The number of hydrogen-bond acceptors (Lipinski definition) is 3. The third-order valence-corrected chi connectivity index (χ3v) is 3.94. The molecular formula is C17H18O2S. The first kappa shape index (κ1) is 14.7. The van der Waals surface area contributed by atoms with Gasteiger partial charge in [-0.2, -0.15) is 0 Å². The lowest BCUT2D eigenvalue weighted by molar-refractivity contribution is 0.0982. The van der Waals surface area contributed by atoms with Crippen LogP contribution in [-0.4, -0.2) is 19.1 Å². The lowest BCUT2D eigenvalue weighted by Gasteiger charge is -2.05. The molecule has 0 saturated carbocycles. The van der Waals surface area contributed by atoms with Gasteiger partial charge in [0.15, 0.2) is 5.78 Å². The van der Waals surface area contributed by atoms with E-state index >= 15 is 0 Å². The van der Waals surface area contributed by atoms with Crippen molar-refractivity contribution in [3.8, 4) is 5.75 Å². The van der Waals surface area contributed by atoms with Crippen molar-refractivity contribution < 1.29 is 9.53 Å². The van der Waals surface area contributed by atoms with Crippen molar-refractivity contribution in [3.63, 3.8) is 0 Å². The van der Waals surface area contributed by atoms with Crippen molar-refractivity contribution in [2.75, 3.05) is 13.4 Å². The molecule has 0 amide bonds. The molecular weight excluding hydrogens is 268 g/mol. The molecule has 0 radical (unpaired) electrons. The zero-order valence-corrected chi connectivity index (χ0v) is 12.6. The minimum Gasteiger partial charge on any atom is -0.497 e. The Kier molecular flexibility index (Phi) is 5.24. The molecule has 0 unspecified atom stereocenters. The van der Waals surface area contributed by atoms with Gasteiger partial charge in [0.2, 0.25) is 0 Å². The summed E-state index contributed by atoms with van der Waals surface area (Å²) in [7, 11) is 1.61. The molecule has 0 aliphatic carbocycles. The van der Waals surface area contributed by atoms with E-state index in [0.717, 1.165) is 12.2 Å². The van der Waals surface area contributed by atoms with Gasteiger partial charge in [-0.3, -0.25) is 4.79 Å². The van der Waals surface area contributed by atoms with Crippen LogP contribution in [0.2, 0.25) is 0 Å². The van der Waals surface area contributed by atoms with Crippen LogP contribution >= 0.6 is 11.8 Å². The average Bonchev–Trinajstić information content (AvgIpc) is 2.53. The summed E-state index contributed by atoms with van der Waals surface area (Å²) >= 11 is 1.72.